The first-order chi connectivity index (χ1) is 6.12. The van der Waals surface area contributed by atoms with Crippen LogP contribution in [0.25, 0.3) is 0 Å². The van der Waals surface area contributed by atoms with E-state index < -0.39 is 0 Å². The molecular formula is C11H20O2. The Morgan fingerprint density at radius 3 is 1.62 bits per heavy atom. The van der Waals surface area contributed by atoms with Gasteiger partial charge in [0.15, 0.2) is 0 Å². The molecule has 0 fully saturated rings. The van der Waals surface area contributed by atoms with Gasteiger partial charge < -0.3 is 9.59 Å². The lowest BCUT2D eigenvalue weighted by atomic mass is 9.82. The van der Waals surface area contributed by atoms with Gasteiger partial charge in [-0.25, -0.2) is 0 Å². The largest absolute Gasteiger partial charge is 0.303 e. The molecule has 2 nitrogen and oxygen atoms in total. The second kappa shape index (κ2) is 6.81. The second-order valence-corrected chi connectivity index (χ2v) is 4.28. The van der Waals surface area contributed by atoms with Crippen molar-refractivity contribution in [3.8, 4) is 0 Å². The molecule has 0 aromatic carbocycles. The zero-order valence-electron chi connectivity index (χ0n) is 8.71. The summed E-state index contributed by atoms with van der Waals surface area (Å²) in [6.45, 7) is 4.39. The molecule has 0 rings (SSSR count). The maximum Gasteiger partial charge on any atom is 0.119 e. The van der Waals surface area contributed by atoms with Crippen LogP contribution >= 0.6 is 0 Å². The molecular weight excluding hydrogens is 164 g/mol. The first-order valence-corrected chi connectivity index (χ1v) is 5.00. The van der Waals surface area contributed by atoms with Crippen LogP contribution in [0.1, 0.15) is 52.4 Å². The van der Waals surface area contributed by atoms with E-state index in [0.29, 0.717) is 12.8 Å². The summed E-state index contributed by atoms with van der Waals surface area (Å²) in [5.74, 6) is 0. The van der Waals surface area contributed by atoms with Gasteiger partial charge in [-0.3, -0.25) is 0 Å². The van der Waals surface area contributed by atoms with Crippen molar-refractivity contribution in [2.45, 2.75) is 52.4 Å². The predicted octanol–water partition coefficient (Wildman–Crippen LogP) is 2.75. The van der Waals surface area contributed by atoms with E-state index in [1.54, 1.807) is 0 Å². The molecule has 0 spiro atoms. The van der Waals surface area contributed by atoms with Crippen LogP contribution in [0.5, 0.6) is 0 Å². The normalized spacial score (nSPS) is 11.2. The summed E-state index contributed by atoms with van der Waals surface area (Å²) >= 11 is 0. The average Bonchev–Trinajstić information content (AvgIpc) is 2.05. The molecule has 0 saturated carbocycles. The Labute approximate surface area is 80.7 Å². The molecule has 0 aromatic heterocycles. The molecule has 0 saturated heterocycles. The number of carbonyl (C=O) groups excluding carboxylic acids is 2. The second-order valence-electron chi connectivity index (χ2n) is 4.28. The van der Waals surface area contributed by atoms with Gasteiger partial charge in [-0.15, -0.1) is 0 Å². The van der Waals surface area contributed by atoms with Gasteiger partial charge in [0.25, 0.3) is 0 Å². The van der Waals surface area contributed by atoms with Crippen LogP contribution in [0.3, 0.4) is 0 Å². The Kier molecular flexibility index (Phi) is 6.47. The number of carbonyl (C=O) groups is 2. The van der Waals surface area contributed by atoms with Crippen molar-refractivity contribution >= 4 is 12.6 Å². The van der Waals surface area contributed by atoms with Gasteiger partial charge in [-0.1, -0.05) is 13.8 Å². The first kappa shape index (κ1) is 12.3. The van der Waals surface area contributed by atoms with Crippen molar-refractivity contribution < 1.29 is 9.59 Å². The molecule has 2 heteroatoms. The molecule has 0 aliphatic carbocycles. The molecule has 0 N–H and O–H groups in total. The van der Waals surface area contributed by atoms with Crippen molar-refractivity contribution in [2.75, 3.05) is 0 Å². The van der Waals surface area contributed by atoms with Gasteiger partial charge in [0.2, 0.25) is 0 Å². The van der Waals surface area contributed by atoms with Gasteiger partial charge in [0, 0.05) is 12.8 Å². The Balaban J connectivity index is 3.52. The van der Waals surface area contributed by atoms with Crippen molar-refractivity contribution in [3.05, 3.63) is 0 Å². The SMILES string of the molecule is CC(C)(CCCC=O)CCCC=O. The van der Waals surface area contributed by atoms with Crippen LogP contribution in [0, 0.1) is 5.41 Å². The third kappa shape index (κ3) is 7.69. The van der Waals surface area contributed by atoms with E-state index >= 15 is 0 Å². The topological polar surface area (TPSA) is 34.1 Å². The summed E-state index contributed by atoms with van der Waals surface area (Å²) in [6.07, 6.45) is 7.36. The summed E-state index contributed by atoms with van der Waals surface area (Å²) in [7, 11) is 0. The van der Waals surface area contributed by atoms with E-state index in [1.165, 1.54) is 0 Å². The van der Waals surface area contributed by atoms with Gasteiger partial charge >= 0.3 is 0 Å². The fourth-order valence-corrected chi connectivity index (χ4v) is 1.45. The first-order valence-electron chi connectivity index (χ1n) is 5.00. The maximum atomic E-state index is 10.1. The van der Waals surface area contributed by atoms with Crippen molar-refractivity contribution in [1.82, 2.24) is 0 Å². The van der Waals surface area contributed by atoms with Gasteiger partial charge in [0.1, 0.15) is 12.6 Å². The lowest BCUT2D eigenvalue weighted by Crippen LogP contribution is -2.11. The highest BCUT2D eigenvalue weighted by atomic mass is 16.1. The minimum atomic E-state index is 0.284. The Hall–Kier alpha value is -0.660. The van der Waals surface area contributed by atoms with E-state index in [9.17, 15) is 9.59 Å². The Bertz CT molecular complexity index is 134. The Morgan fingerprint density at radius 1 is 0.923 bits per heavy atom. The van der Waals surface area contributed by atoms with Crippen molar-refractivity contribution in [3.63, 3.8) is 0 Å². The fraction of sp³-hybridized carbons (Fsp3) is 0.818. The molecule has 0 bridgehead atoms. The minimum absolute atomic E-state index is 0.284. The zero-order valence-corrected chi connectivity index (χ0v) is 8.71. The van der Waals surface area contributed by atoms with Crippen LogP contribution in [-0.4, -0.2) is 12.6 Å². The molecule has 0 aromatic rings. The monoisotopic (exact) mass is 184 g/mol. The molecule has 0 atom stereocenters. The Morgan fingerprint density at radius 2 is 1.31 bits per heavy atom. The number of unbranched alkanes of at least 4 members (excludes halogenated alkanes) is 2. The van der Waals surface area contributed by atoms with E-state index in [0.717, 1.165) is 38.3 Å². The molecule has 0 amide bonds. The number of hydrogen-bond donors (Lipinski definition) is 0. The number of rotatable bonds is 8. The minimum Gasteiger partial charge on any atom is -0.303 e. The van der Waals surface area contributed by atoms with E-state index in [4.69, 9.17) is 0 Å². The van der Waals surface area contributed by atoms with E-state index in [-0.39, 0.29) is 5.41 Å². The lowest BCUT2D eigenvalue weighted by molar-refractivity contribution is -0.108. The highest BCUT2D eigenvalue weighted by molar-refractivity contribution is 5.49. The average molecular weight is 184 g/mol. The fourth-order valence-electron chi connectivity index (χ4n) is 1.45. The molecule has 0 aliphatic heterocycles. The number of aldehydes is 2. The standard InChI is InChI=1S/C11H20O2/c1-11(2,7-3-5-9-12)8-4-6-10-13/h9-10H,3-8H2,1-2H3. The van der Waals surface area contributed by atoms with Crippen molar-refractivity contribution in [1.29, 1.82) is 0 Å². The zero-order chi connectivity index (χ0) is 10.2. The maximum absolute atomic E-state index is 10.1. The highest BCUT2D eigenvalue weighted by Crippen LogP contribution is 2.28. The molecule has 76 valence electrons. The van der Waals surface area contributed by atoms with E-state index in [1.807, 2.05) is 0 Å². The van der Waals surface area contributed by atoms with Crippen molar-refractivity contribution in [2.24, 2.45) is 5.41 Å². The van der Waals surface area contributed by atoms with Crippen LogP contribution < -0.4 is 0 Å². The van der Waals surface area contributed by atoms with Crippen LogP contribution in [0.4, 0.5) is 0 Å². The molecule has 0 radical (unpaired) electrons. The van der Waals surface area contributed by atoms with Gasteiger partial charge in [0.05, 0.1) is 0 Å². The van der Waals surface area contributed by atoms with Crippen LogP contribution in [0.2, 0.25) is 0 Å². The summed E-state index contributed by atoms with van der Waals surface area (Å²) < 4.78 is 0. The highest BCUT2D eigenvalue weighted by Gasteiger charge is 2.16. The smallest absolute Gasteiger partial charge is 0.119 e. The van der Waals surface area contributed by atoms with Crippen LogP contribution in [-0.2, 0) is 9.59 Å². The predicted molar refractivity (Wildman–Crippen MR) is 53.6 cm³/mol. The lowest BCUT2D eigenvalue weighted by Gasteiger charge is -2.23. The van der Waals surface area contributed by atoms with E-state index in [2.05, 4.69) is 13.8 Å². The molecule has 0 unspecified atom stereocenters. The van der Waals surface area contributed by atoms with Gasteiger partial charge in [-0.2, -0.15) is 0 Å². The summed E-state index contributed by atoms with van der Waals surface area (Å²) in [5.41, 5.74) is 0.284. The third-order valence-corrected chi connectivity index (χ3v) is 2.35. The molecule has 0 aliphatic rings. The summed E-state index contributed by atoms with van der Waals surface area (Å²) in [4.78, 5) is 20.2. The quantitative estimate of drug-likeness (QED) is 0.429. The molecule has 0 heterocycles. The van der Waals surface area contributed by atoms with Crippen LogP contribution in [0.15, 0.2) is 0 Å². The number of hydrogen-bond acceptors (Lipinski definition) is 2. The van der Waals surface area contributed by atoms with Gasteiger partial charge in [-0.05, 0) is 31.1 Å². The third-order valence-electron chi connectivity index (χ3n) is 2.35. The summed E-state index contributed by atoms with van der Waals surface area (Å²) in [6, 6.07) is 0. The summed E-state index contributed by atoms with van der Waals surface area (Å²) in [5, 5.41) is 0. The molecule has 13 heavy (non-hydrogen) atoms.